The van der Waals surface area contributed by atoms with Crippen LogP contribution in [0.3, 0.4) is 0 Å². The Hall–Kier alpha value is -7.02. The lowest BCUT2D eigenvalue weighted by atomic mass is 9.96. The summed E-state index contributed by atoms with van der Waals surface area (Å²) in [4.78, 5) is 0. The van der Waals surface area contributed by atoms with E-state index in [1.54, 1.807) is 0 Å². The van der Waals surface area contributed by atoms with Gasteiger partial charge in [0.2, 0.25) is 0 Å². The highest BCUT2D eigenvalue weighted by atomic mass is 14.1. The minimum Gasteiger partial charge on any atom is -0.0617 e. The molecule has 0 amide bonds. The molecule has 360 valence electrons. The molecule has 0 radical (unpaired) electrons. The molecule has 9 aromatic rings. The molecule has 0 unspecified atom stereocenters. The molecule has 1 aliphatic carbocycles. The van der Waals surface area contributed by atoms with Gasteiger partial charge in [0, 0.05) is 0 Å². The van der Waals surface area contributed by atoms with Gasteiger partial charge in [-0.05, 0) is 216 Å². The Morgan fingerprint density at radius 3 is 0.250 bits per heavy atom. The van der Waals surface area contributed by atoms with Gasteiger partial charge in [0.25, 0.3) is 0 Å². The summed E-state index contributed by atoms with van der Waals surface area (Å²) in [6, 6.07) is 84.0. The zero-order chi connectivity index (χ0) is 48.6. The Morgan fingerprint density at radius 1 is 0.111 bits per heavy atom. The first-order valence-electron chi connectivity index (χ1n) is 27.3. The highest BCUT2D eigenvalue weighted by Gasteiger charge is 2.08. The predicted molar refractivity (Wildman–Crippen MR) is 305 cm³/mol. The van der Waals surface area contributed by atoms with E-state index in [1.165, 1.54) is 100 Å². The van der Waals surface area contributed by atoms with Gasteiger partial charge in [0.1, 0.15) is 0 Å². The summed E-state index contributed by atoms with van der Waals surface area (Å²) in [5.74, 6) is 0. The quantitative estimate of drug-likeness (QED) is 0.142. The van der Waals surface area contributed by atoms with Crippen LogP contribution in [0.25, 0.3) is 0 Å². The molecule has 18 bridgehead atoms. The Morgan fingerprint density at radius 2 is 0.181 bits per heavy atom. The van der Waals surface area contributed by atoms with Crippen LogP contribution in [-0.2, 0) is 116 Å². The maximum absolute atomic E-state index is 2.45. The van der Waals surface area contributed by atoms with Gasteiger partial charge >= 0.3 is 0 Å². The van der Waals surface area contributed by atoms with Crippen LogP contribution in [-0.4, -0.2) is 0 Å². The first-order chi connectivity index (χ1) is 35.5. The van der Waals surface area contributed by atoms with Crippen molar-refractivity contribution in [2.45, 2.75) is 116 Å². The van der Waals surface area contributed by atoms with Crippen LogP contribution in [0.15, 0.2) is 218 Å². The lowest BCUT2D eigenvalue weighted by Crippen LogP contribution is -1.98. The van der Waals surface area contributed by atoms with E-state index in [0.717, 1.165) is 116 Å². The van der Waals surface area contributed by atoms with Gasteiger partial charge in [-0.2, -0.15) is 0 Å². The molecule has 0 spiro atoms. The molecule has 0 N–H and O–H groups in total. The third kappa shape index (κ3) is 14.8. The highest BCUT2D eigenvalue weighted by molar-refractivity contribution is 5.35. The standard InChI is InChI=1S/C72H72/c1-10-55-28-30-57-12-2-14-59(47-57)32-34-61-16-4-18-63(49-61)36-38-65-20-6-22-67(51-65)40-42-69-24-8-26-71(53-69)44-45-72-27-9-25-70(54-72)43-41-68-23-7-21-66(52-68)39-37-64-19-5-17-62(50-64)35-33-60-15-3-13-58(48-60)31-29-56(11-1)46-55/h1-27,46-54H,28-45H2. The van der Waals surface area contributed by atoms with Crippen LogP contribution >= 0.6 is 0 Å². The number of aryl methyl sites for hydroxylation is 18. The molecular weight excluding hydrogens is 865 g/mol. The van der Waals surface area contributed by atoms with Gasteiger partial charge in [-0.3, -0.25) is 0 Å². The van der Waals surface area contributed by atoms with Gasteiger partial charge in [-0.15, -0.1) is 0 Å². The molecule has 1 aliphatic rings. The van der Waals surface area contributed by atoms with E-state index < -0.39 is 0 Å². The normalized spacial score (nSPS) is 14.5. The van der Waals surface area contributed by atoms with Crippen molar-refractivity contribution in [2.24, 2.45) is 0 Å². The number of hydrogen-bond donors (Lipinski definition) is 0. The zero-order valence-electron chi connectivity index (χ0n) is 42.5. The summed E-state index contributed by atoms with van der Waals surface area (Å²) in [5, 5.41) is 0. The molecule has 10 rings (SSSR count). The number of benzene rings is 9. The second-order valence-electron chi connectivity index (χ2n) is 20.9. The SMILES string of the molecule is c1cc2cc(c1)CCc1cccc(c1)CCc1cccc(c1)CCc1cccc(c1)CCc1cccc(c1)CCc1cccc(c1)CCc1cccc(c1)CCc1cccc(c1)CCc1cccc(c1)CC2. The summed E-state index contributed by atoms with van der Waals surface area (Å²) < 4.78 is 0. The molecule has 0 saturated heterocycles. The molecule has 0 heteroatoms. The van der Waals surface area contributed by atoms with Crippen molar-refractivity contribution < 1.29 is 0 Å². The zero-order valence-corrected chi connectivity index (χ0v) is 42.5. The van der Waals surface area contributed by atoms with E-state index in [4.69, 9.17) is 0 Å². The van der Waals surface area contributed by atoms with Crippen molar-refractivity contribution in [3.05, 3.63) is 319 Å². The second kappa shape index (κ2) is 24.9. The van der Waals surface area contributed by atoms with Crippen LogP contribution in [0.2, 0.25) is 0 Å². The molecule has 72 heavy (non-hydrogen) atoms. The number of fused-ring (bicyclic) bond motifs is 18. The summed E-state index contributed by atoms with van der Waals surface area (Å²) >= 11 is 0. The predicted octanol–water partition coefficient (Wildman–Crippen LogP) is 16.1. The molecule has 0 atom stereocenters. The van der Waals surface area contributed by atoms with E-state index in [1.807, 2.05) is 0 Å². The molecule has 9 aromatic carbocycles. The van der Waals surface area contributed by atoms with Gasteiger partial charge in [0.15, 0.2) is 0 Å². The maximum atomic E-state index is 2.45. The Bertz CT molecular complexity index is 2310. The van der Waals surface area contributed by atoms with Crippen molar-refractivity contribution in [1.29, 1.82) is 0 Å². The lowest BCUT2D eigenvalue weighted by Gasteiger charge is -2.10. The molecular formula is C72H72. The minimum atomic E-state index is 1.07. The number of hydrogen-bond acceptors (Lipinski definition) is 0. The summed E-state index contributed by atoms with van der Waals surface area (Å²) in [7, 11) is 0. The van der Waals surface area contributed by atoms with Crippen LogP contribution in [0.1, 0.15) is 100 Å². The van der Waals surface area contributed by atoms with E-state index in [-0.39, 0.29) is 0 Å². The Kier molecular flexibility index (Phi) is 16.8. The average Bonchev–Trinajstić information content (AvgIpc) is 3.43. The molecule has 0 aromatic heterocycles. The van der Waals surface area contributed by atoms with Gasteiger partial charge in [-0.25, -0.2) is 0 Å². The molecule has 0 saturated carbocycles. The smallest absolute Gasteiger partial charge is 0.0238 e. The van der Waals surface area contributed by atoms with Crippen molar-refractivity contribution in [3.8, 4) is 0 Å². The van der Waals surface area contributed by atoms with Crippen LogP contribution in [0.5, 0.6) is 0 Å². The lowest BCUT2D eigenvalue weighted by molar-refractivity contribution is 0.907. The van der Waals surface area contributed by atoms with Gasteiger partial charge in [-0.1, -0.05) is 218 Å². The van der Waals surface area contributed by atoms with Crippen molar-refractivity contribution in [2.75, 3.05) is 0 Å². The summed E-state index contributed by atoms with van der Waals surface area (Å²) in [6.45, 7) is 0. The third-order valence-electron chi connectivity index (χ3n) is 15.2. The monoisotopic (exact) mass is 937 g/mol. The van der Waals surface area contributed by atoms with Crippen LogP contribution in [0.4, 0.5) is 0 Å². The van der Waals surface area contributed by atoms with E-state index >= 15 is 0 Å². The van der Waals surface area contributed by atoms with Crippen molar-refractivity contribution in [3.63, 3.8) is 0 Å². The fourth-order valence-electron chi connectivity index (χ4n) is 11.1. The Labute approximate surface area is 431 Å². The average molecular weight is 937 g/mol. The summed E-state index contributed by atoms with van der Waals surface area (Å²) in [6.07, 6.45) is 19.2. The van der Waals surface area contributed by atoms with Gasteiger partial charge in [0.05, 0.1) is 0 Å². The largest absolute Gasteiger partial charge is 0.0617 e. The first kappa shape index (κ1) is 48.6. The van der Waals surface area contributed by atoms with Crippen LogP contribution in [0, 0.1) is 0 Å². The number of rotatable bonds is 0. The molecule has 0 heterocycles. The first-order valence-corrected chi connectivity index (χ1v) is 27.3. The third-order valence-corrected chi connectivity index (χ3v) is 15.2. The van der Waals surface area contributed by atoms with E-state index in [0.29, 0.717) is 0 Å². The van der Waals surface area contributed by atoms with Crippen LogP contribution < -0.4 is 0 Å². The summed E-state index contributed by atoms with van der Waals surface area (Å²) in [5.41, 5.74) is 25.8. The van der Waals surface area contributed by atoms with E-state index in [9.17, 15) is 0 Å². The van der Waals surface area contributed by atoms with Crippen molar-refractivity contribution >= 4 is 0 Å². The maximum Gasteiger partial charge on any atom is -0.0238 e. The molecule has 0 aliphatic heterocycles. The fraction of sp³-hybridized carbons (Fsp3) is 0.250. The van der Waals surface area contributed by atoms with E-state index in [2.05, 4.69) is 218 Å². The highest BCUT2D eigenvalue weighted by Crippen LogP contribution is 2.21. The second-order valence-corrected chi connectivity index (χ2v) is 20.9. The fourth-order valence-corrected chi connectivity index (χ4v) is 11.1. The van der Waals surface area contributed by atoms with Crippen molar-refractivity contribution in [1.82, 2.24) is 0 Å². The Balaban J connectivity index is 0.813. The molecule has 0 nitrogen and oxygen atoms in total. The topological polar surface area (TPSA) is 0 Å². The minimum absolute atomic E-state index is 1.07. The van der Waals surface area contributed by atoms with Gasteiger partial charge < -0.3 is 0 Å². The molecule has 0 fully saturated rings.